The summed E-state index contributed by atoms with van der Waals surface area (Å²) < 4.78 is 5.56. The van der Waals surface area contributed by atoms with E-state index in [0.29, 0.717) is 18.6 Å². The van der Waals surface area contributed by atoms with Gasteiger partial charge in [-0.2, -0.15) is 0 Å². The molecule has 0 heterocycles. The minimum absolute atomic E-state index is 0.0117. The fourth-order valence-electron chi connectivity index (χ4n) is 4.17. The maximum absolute atomic E-state index is 12.4. The van der Waals surface area contributed by atoms with Crippen LogP contribution in [0.3, 0.4) is 0 Å². The number of carbonyl (C=O) groups excluding carboxylic acids is 1. The first-order valence-corrected chi connectivity index (χ1v) is 10.4. The lowest BCUT2D eigenvalue weighted by Crippen LogP contribution is -2.24. The molecule has 0 aromatic carbocycles. The largest absolute Gasteiger partial charge is 0.481 e. The van der Waals surface area contributed by atoms with E-state index in [9.17, 15) is 14.7 Å². The molecule has 5 heteroatoms. The van der Waals surface area contributed by atoms with Gasteiger partial charge in [0.2, 0.25) is 0 Å². The summed E-state index contributed by atoms with van der Waals surface area (Å²) in [6.45, 7) is 2.16. The fourth-order valence-corrected chi connectivity index (χ4v) is 4.17. The zero-order chi connectivity index (χ0) is 19.4. The smallest absolute Gasteiger partial charge is 0.303 e. The minimum Gasteiger partial charge on any atom is -0.481 e. The standard InChI is InChI=1S/C21H38O5/c1-3-4-7-10-16(22)13-14-18-17(19(23)15-20(18)26-2)11-8-5-6-9-12-21(24)25/h16-18,20,22H,3-15H2,1-2H3,(H,24,25)/t16?,17-,18-,20-/m1/s1. The van der Waals surface area contributed by atoms with E-state index >= 15 is 0 Å². The van der Waals surface area contributed by atoms with Crippen LogP contribution < -0.4 is 0 Å². The molecular weight excluding hydrogens is 332 g/mol. The molecule has 1 rings (SSSR count). The maximum atomic E-state index is 12.4. The van der Waals surface area contributed by atoms with E-state index in [0.717, 1.165) is 64.2 Å². The number of carbonyl (C=O) groups is 2. The normalized spacial score (nSPS) is 24.1. The molecule has 0 bridgehead atoms. The Kier molecular flexibility index (Phi) is 11.8. The molecule has 0 radical (unpaired) electrons. The van der Waals surface area contributed by atoms with Crippen LogP contribution in [-0.2, 0) is 14.3 Å². The van der Waals surface area contributed by atoms with Crippen LogP contribution in [-0.4, -0.2) is 41.3 Å². The fraction of sp³-hybridized carbons (Fsp3) is 0.905. The maximum Gasteiger partial charge on any atom is 0.303 e. The van der Waals surface area contributed by atoms with Crippen molar-refractivity contribution in [2.75, 3.05) is 7.11 Å². The SMILES string of the molecule is CCCCCC(O)CC[C@H]1[C@H](OC)CC(=O)[C@@H]1CCCCCCC(=O)O. The molecule has 1 unspecified atom stereocenters. The monoisotopic (exact) mass is 370 g/mol. The van der Waals surface area contributed by atoms with Gasteiger partial charge in [-0.1, -0.05) is 45.4 Å². The Morgan fingerprint density at radius 3 is 2.50 bits per heavy atom. The van der Waals surface area contributed by atoms with E-state index < -0.39 is 5.97 Å². The van der Waals surface area contributed by atoms with E-state index in [1.807, 2.05) is 0 Å². The van der Waals surface area contributed by atoms with Crippen molar-refractivity contribution in [2.24, 2.45) is 11.8 Å². The molecule has 152 valence electrons. The third kappa shape index (κ3) is 8.63. The first kappa shape index (κ1) is 23.1. The highest BCUT2D eigenvalue weighted by Gasteiger charge is 2.41. The number of methoxy groups -OCH3 is 1. The number of hydrogen-bond acceptors (Lipinski definition) is 4. The quantitative estimate of drug-likeness (QED) is 0.419. The molecule has 5 nitrogen and oxygen atoms in total. The molecule has 26 heavy (non-hydrogen) atoms. The molecule has 2 N–H and O–H groups in total. The van der Waals surface area contributed by atoms with Gasteiger partial charge in [-0.25, -0.2) is 0 Å². The van der Waals surface area contributed by atoms with Gasteiger partial charge in [0.05, 0.1) is 12.2 Å². The van der Waals surface area contributed by atoms with Crippen molar-refractivity contribution >= 4 is 11.8 Å². The average Bonchev–Trinajstić information content (AvgIpc) is 2.91. The first-order valence-electron chi connectivity index (χ1n) is 10.4. The summed E-state index contributed by atoms with van der Waals surface area (Å²) in [6, 6.07) is 0. The summed E-state index contributed by atoms with van der Waals surface area (Å²) in [5.41, 5.74) is 0. The number of ether oxygens (including phenoxy) is 1. The van der Waals surface area contributed by atoms with Crippen molar-refractivity contribution < 1.29 is 24.5 Å². The second kappa shape index (κ2) is 13.3. The van der Waals surface area contributed by atoms with Crippen molar-refractivity contribution in [1.29, 1.82) is 0 Å². The molecule has 4 atom stereocenters. The Morgan fingerprint density at radius 2 is 1.85 bits per heavy atom. The predicted molar refractivity (Wildman–Crippen MR) is 102 cm³/mol. The van der Waals surface area contributed by atoms with Crippen molar-refractivity contribution in [3.05, 3.63) is 0 Å². The predicted octanol–water partition coefficient (Wildman–Crippen LogP) is 4.35. The van der Waals surface area contributed by atoms with Crippen LogP contribution in [0.25, 0.3) is 0 Å². The lowest BCUT2D eigenvalue weighted by atomic mass is 9.85. The lowest BCUT2D eigenvalue weighted by molar-refractivity contribution is -0.137. The molecule has 0 aromatic heterocycles. The minimum atomic E-state index is -0.739. The van der Waals surface area contributed by atoms with Gasteiger partial charge in [0.25, 0.3) is 0 Å². The number of unbranched alkanes of at least 4 members (excludes halogenated alkanes) is 5. The zero-order valence-electron chi connectivity index (χ0n) is 16.6. The summed E-state index contributed by atoms with van der Waals surface area (Å²) in [6.07, 6.45) is 10.7. The van der Waals surface area contributed by atoms with Gasteiger partial charge in [0.1, 0.15) is 5.78 Å². The van der Waals surface area contributed by atoms with Crippen LogP contribution in [0.1, 0.15) is 90.4 Å². The number of aliphatic hydroxyl groups is 1. The summed E-state index contributed by atoms with van der Waals surface area (Å²) >= 11 is 0. The van der Waals surface area contributed by atoms with Crippen LogP contribution in [0.5, 0.6) is 0 Å². The number of rotatable bonds is 15. The second-order valence-corrected chi connectivity index (χ2v) is 7.79. The zero-order valence-corrected chi connectivity index (χ0v) is 16.6. The molecule has 0 saturated heterocycles. The van der Waals surface area contributed by atoms with Crippen LogP contribution in [0, 0.1) is 11.8 Å². The molecule has 0 spiro atoms. The van der Waals surface area contributed by atoms with E-state index in [1.165, 1.54) is 0 Å². The number of carboxylic acid groups (broad SMARTS) is 1. The van der Waals surface area contributed by atoms with Gasteiger partial charge in [-0.15, -0.1) is 0 Å². The number of ketones is 1. The molecule has 0 amide bonds. The van der Waals surface area contributed by atoms with Gasteiger partial charge in [-0.05, 0) is 38.0 Å². The topological polar surface area (TPSA) is 83.8 Å². The molecular formula is C21H38O5. The molecule has 0 aromatic rings. The molecule has 1 aliphatic rings. The Balaban J connectivity index is 2.38. The molecule has 1 fully saturated rings. The first-order chi connectivity index (χ1) is 12.5. The third-order valence-electron chi connectivity index (χ3n) is 5.74. The molecule has 1 aliphatic carbocycles. The van der Waals surface area contributed by atoms with E-state index in [4.69, 9.17) is 9.84 Å². The van der Waals surface area contributed by atoms with Gasteiger partial charge < -0.3 is 14.9 Å². The molecule has 1 saturated carbocycles. The lowest BCUT2D eigenvalue weighted by Gasteiger charge is -2.24. The Bertz CT molecular complexity index is 409. The van der Waals surface area contributed by atoms with Crippen molar-refractivity contribution in [3.63, 3.8) is 0 Å². The summed E-state index contributed by atoms with van der Waals surface area (Å²) in [5, 5.41) is 18.9. The molecule has 0 aliphatic heterocycles. The van der Waals surface area contributed by atoms with E-state index in [-0.39, 0.29) is 30.5 Å². The van der Waals surface area contributed by atoms with Gasteiger partial charge >= 0.3 is 5.97 Å². The van der Waals surface area contributed by atoms with Crippen LogP contribution in [0.15, 0.2) is 0 Å². The van der Waals surface area contributed by atoms with Crippen molar-refractivity contribution in [2.45, 2.75) is 103 Å². The number of aliphatic hydroxyl groups excluding tert-OH is 1. The van der Waals surface area contributed by atoms with Gasteiger partial charge in [0.15, 0.2) is 0 Å². The average molecular weight is 371 g/mol. The van der Waals surface area contributed by atoms with Gasteiger partial charge in [0, 0.05) is 25.9 Å². The van der Waals surface area contributed by atoms with Gasteiger partial charge in [-0.3, -0.25) is 9.59 Å². The summed E-state index contributed by atoms with van der Waals surface area (Å²) in [4.78, 5) is 22.9. The highest BCUT2D eigenvalue weighted by atomic mass is 16.5. The van der Waals surface area contributed by atoms with Crippen molar-refractivity contribution in [3.8, 4) is 0 Å². The second-order valence-electron chi connectivity index (χ2n) is 7.79. The van der Waals surface area contributed by atoms with E-state index in [1.54, 1.807) is 7.11 Å². The summed E-state index contributed by atoms with van der Waals surface area (Å²) in [7, 11) is 1.68. The Hall–Kier alpha value is -0.940. The van der Waals surface area contributed by atoms with Crippen molar-refractivity contribution in [1.82, 2.24) is 0 Å². The Morgan fingerprint density at radius 1 is 1.12 bits per heavy atom. The highest BCUT2D eigenvalue weighted by Crippen LogP contribution is 2.38. The number of hydrogen-bond donors (Lipinski definition) is 2. The third-order valence-corrected chi connectivity index (χ3v) is 5.74. The van der Waals surface area contributed by atoms with Crippen LogP contribution in [0.2, 0.25) is 0 Å². The Labute approximate surface area is 158 Å². The number of Topliss-reactive ketones (excluding diaryl/α,β-unsaturated/α-hetero) is 1. The van der Waals surface area contributed by atoms with Crippen LogP contribution >= 0.6 is 0 Å². The number of carboxylic acids is 1. The highest BCUT2D eigenvalue weighted by molar-refractivity contribution is 5.84. The number of aliphatic carboxylic acids is 1. The summed E-state index contributed by atoms with van der Waals surface area (Å²) in [5.74, 6) is -0.182. The van der Waals surface area contributed by atoms with Crippen LogP contribution in [0.4, 0.5) is 0 Å². The van der Waals surface area contributed by atoms with E-state index in [2.05, 4.69) is 6.92 Å².